The molecule has 1 aromatic carbocycles. The third-order valence-corrected chi connectivity index (χ3v) is 7.16. The SMILES string of the molecule is CCOC(C)(C)C1(CNC(=O)Nc2ccccc2)CCN(C(C)(C)c2ccc(C)nc2)C1. The van der Waals surface area contributed by atoms with E-state index in [9.17, 15) is 4.79 Å². The summed E-state index contributed by atoms with van der Waals surface area (Å²) in [5.41, 5.74) is 2.22. The molecule has 174 valence electrons. The van der Waals surface area contributed by atoms with Gasteiger partial charge in [0, 0.05) is 48.2 Å². The average Bonchev–Trinajstić information content (AvgIpc) is 3.21. The van der Waals surface area contributed by atoms with Crippen LogP contribution >= 0.6 is 0 Å². The second kappa shape index (κ2) is 9.59. The van der Waals surface area contributed by atoms with E-state index >= 15 is 0 Å². The zero-order valence-corrected chi connectivity index (χ0v) is 20.4. The molecule has 32 heavy (non-hydrogen) atoms. The number of aryl methyl sites for hydroxylation is 1. The van der Waals surface area contributed by atoms with Gasteiger partial charge in [-0.1, -0.05) is 24.3 Å². The van der Waals surface area contributed by atoms with E-state index < -0.39 is 5.60 Å². The fourth-order valence-electron chi connectivity index (χ4n) is 4.67. The fourth-order valence-corrected chi connectivity index (χ4v) is 4.67. The summed E-state index contributed by atoms with van der Waals surface area (Å²) in [6, 6.07) is 13.6. The lowest BCUT2D eigenvalue weighted by molar-refractivity contribution is -0.104. The van der Waals surface area contributed by atoms with Crippen LogP contribution < -0.4 is 10.6 Å². The van der Waals surface area contributed by atoms with Gasteiger partial charge in [-0.15, -0.1) is 0 Å². The van der Waals surface area contributed by atoms with Gasteiger partial charge in [-0.3, -0.25) is 9.88 Å². The van der Waals surface area contributed by atoms with Gasteiger partial charge >= 0.3 is 6.03 Å². The van der Waals surface area contributed by atoms with Crippen LogP contribution in [0.5, 0.6) is 0 Å². The fraction of sp³-hybridized carbons (Fsp3) is 0.538. The number of aromatic nitrogens is 1. The smallest absolute Gasteiger partial charge is 0.319 e. The molecule has 1 unspecified atom stereocenters. The normalized spacial score (nSPS) is 19.7. The Hall–Kier alpha value is -2.44. The van der Waals surface area contributed by atoms with Crippen LogP contribution in [0, 0.1) is 12.3 Å². The number of ether oxygens (including phenoxy) is 1. The van der Waals surface area contributed by atoms with Crippen molar-refractivity contribution >= 4 is 11.7 Å². The van der Waals surface area contributed by atoms with Crippen molar-refractivity contribution in [2.45, 2.75) is 59.1 Å². The van der Waals surface area contributed by atoms with Crippen molar-refractivity contribution in [2.24, 2.45) is 5.41 Å². The Bertz CT molecular complexity index is 896. The predicted molar refractivity (Wildman–Crippen MR) is 130 cm³/mol. The van der Waals surface area contributed by atoms with E-state index in [1.54, 1.807) is 0 Å². The van der Waals surface area contributed by atoms with Crippen molar-refractivity contribution in [2.75, 3.05) is 31.6 Å². The highest BCUT2D eigenvalue weighted by molar-refractivity contribution is 5.89. The molecular weight excluding hydrogens is 400 g/mol. The van der Waals surface area contributed by atoms with E-state index in [1.807, 2.05) is 50.4 Å². The minimum Gasteiger partial charge on any atom is -0.375 e. The highest BCUT2D eigenvalue weighted by Gasteiger charge is 2.52. The van der Waals surface area contributed by atoms with Crippen LogP contribution in [0.1, 0.15) is 52.3 Å². The highest BCUT2D eigenvalue weighted by atomic mass is 16.5. The lowest BCUT2D eigenvalue weighted by atomic mass is 9.72. The Morgan fingerprint density at radius 2 is 1.88 bits per heavy atom. The van der Waals surface area contributed by atoms with Gasteiger partial charge in [0.2, 0.25) is 0 Å². The van der Waals surface area contributed by atoms with Gasteiger partial charge in [0.1, 0.15) is 0 Å². The predicted octanol–water partition coefficient (Wildman–Crippen LogP) is 4.95. The lowest BCUT2D eigenvalue weighted by Gasteiger charge is -2.45. The molecule has 1 aliphatic rings. The summed E-state index contributed by atoms with van der Waals surface area (Å²) in [6.45, 7) is 15.8. The number of para-hydroxylation sites is 1. The number of amides is 2. The topological polar surface area (TPSA) is 66.5 Å². The first-order valence-corrected chi connectivity index (χ1v) is 11.5. The van der Waals surface area contributed by atoms with Gasteiger partial charge in [-0.05, 0) is 78.3 Å². The second-order valence-electron chi connectivity index (χ2n) is 9.82. The largest absolute Gasteiger partial charge is 0.375 e. The number of urea groups is 1. The number of likely N-dealkylation sites (tertiary alicyclic amines) is 1. The highest BCUT2D eigenvalue weighted by Crippen LogP contribution is 2.46. The maximum atomic E-state index is 12.6. The summed E-state index contributed by atoms with van der Waals surface area (Å²) in [6.07, 6.45) is 2.92. The number of benzene rings is 1. The van der Waals surface area contributed by atoms with E-state index in [4.69, 9.17) is 4.74 Å². The molecule has 2 N–H and O–H groups in total. The summed E-state index contributed by atoms with van der Waals surface area (Å²) in [5.74, 6) is 0. The quantitative estimate of drug-likeness (QED) is 0.612. The summed E-state index contributed by atoms with van der Waals surface area (Å²) >= 11 is 0. The Morgan fingerprint density at radius 1 is 1.16 bits per heavy atom. The number of anilines is 1. The van der Waals surface area contributed by atoms with Gasteiger partial charge in [-0.2, -0.15) is 0 Å². The monoisotopic (exact) mass is 438 g/mol. The van der Waals surface area contributed by atoms with Crippen molar-refractivity contribution in [3.05, 3.63) is 59.9 Å². The molecule has 1 aromatic heterocycles. The molecule has 6 heteroatoms. The van der Waals surface area contributed by atoms with Gasteiger partial charge in [0.15, 0.2) is 0 Å². The maximum Gasteiger partial charge on any atom is 0.319 e. The van der Waals surface area contributed by atoms with Crippen LogP contribution in [0.15, 0.2) is 48.7 Å². The molecule has 2 heterocycles. The van der Waals surface area contributed by atoms with Crippen molar-refractivity contribution in [3.8, 4) is 0 Å². The molecule has 2 amide bonds. The molecule has 0 spiro atoms. The summed E-state index contributed by atoms with van der Waals surface area (Å²) < 4.78 is 6.24. The van der Waals surface area contributed by atoms with Crippen LogP contribution in [0.4, 0.5) is 10.5 Å². The first-order chi connectivity index (χ1) is 15.1. The van der Waals surface area contributed by atoms with Gasteiger partial charge in [0.25, 0.3) is 0 Å². The number of nitrogens with zero attached hydrogens (tertiary/aromatic N) is 2. The average molecular weight is 439 g/mol. The van der Waals surface area contributed by atoms with Crippen LogP contribution in [0.3, 0.4) is 0 Å². The molecule has 1 atom stereocenters. The second-order valence-corrected chi connectivity index (χ2v) is 9.82. The molecule has 0 aliphatic carbocycles. The van der Waals surface area contributed by atoms with Crippen molar-refractivity contribution in [3.63, 3.8) is 0 Å². The summed E-state index contributed by atoms with van der Waals surface area (Å²) in [5, 5.41) is 6.05. The molecule has 6 nitrogen and oxygen atoms in total. The van der Waals surface area contributed by atoms with Gasteiger partial charge < -0.3 is 15.4 Å². The Labute approximate surface area is 192 Å². The van der Waals surface area contributed by atoms with E-state index in [-0.39, 0.29) is 17.0 Å². The number of pyridine rings is 1. The Morgan fingerprint density at radius 3 is 2.50 bits per heavy atom. The number of carbonyl (C=O) groups excluding carboxylic acids is 1. The van der Waals surface area contributed by atoms with Crippen LogP contribution in [0.25, 0.3) is 0 Å². The number of hydrogen-bond donors (Lipinski definition) is 2. The van der Waals surface area contributed by atoms with Crippen LogP contribution in [-0.4, -0.2) is 47.8 Å². The van der Waals surface area contributed by atoms with E-state index in [0.717, 1.165) is 30.9 Å². The van der Waals surface area contributed by atoms with Crippen LogP contribution in [-0.2, 0) is 10.3 Å². The Kier molecular flexibility index (Phi) is 7.25. The molecule has 0 saturated carbocycles. The molecule has 3 rings (SSSR count). The minimum absolute atomic E-state index is 0.170. The first kappa shape index (κ1) is 24.2. The van der Waals surface area contributed by atoms with Gasteiger partial charge in [-0.25, -0.2) is 4.79 Å². The molecule has 1 fully saturated rings. The van der Waals surface area contributed by atoms with Crippen molar-refractivity contribution in [1.82, 2.24) is 15.2 Å². The van der Waals surface area contributed by atoms with Gasteiger partial charge in [0.05, 0.1) is 5.60 Å². The Balaban J connectivity index is 1.77. The number of nitrogens with one attached hydrogen (secondary N) is 2. The van der Waals surface area contributed by atoms with Crippen molar-refractivity contribution < 1.29 is 9.53 Å². The number of hydrogen-bond acceptors (Lipinski definition) is 4. The lowest BCUT2D eigenvalue weighted by Crippen LogP contribution is -2.55. The minimum atomic E-state index is -0.391. The molecule has 1 saturated heterocycles. The molecule has 1 aliphatic heterocycles. The van der Waals surface area contributed by atoms with Crippen molar-refractivity contribution in [1.29, 1.82) is 0 Å². The first-order valence-electron chi connectivity index (χ1n) is 11.5. The summed E-state index contributed by atoms with van der Waals surface area (Å²) in [7, 11) is 0. The number of carbonyl (C=O) groups is 1. The van der Waals surface area contributed by atoms with Crippen LogP contribution in [0.2, 0.25) is 0 Å². The number of rotatable bonds is 8. The molecular formula is C26H38N4O2. The zero-order valence-electron chi connectivity index (χ0n) is 20.4. The van der Waals surface area contributed by atoms with E-state index in [0.29, 0.717) is 13.2 Å². The van der Waals surface area contributed by atoms with E-state index in [1.165, 1.54) is 5.56 Å². The molecule has 2 aromatic rings. The maximum absolute atomic E-state index is 12.6. The molecule has 0 radical (unpaired) electrons. The zero-order chi connectivity index (χ0) is 23.4. The third-order valence-electron chi connectivity index (χ3n) is 7.16. The third kappa shape index (κ3) is 5.13. The van der Waals surface area contributed by atoms with E-state index in [2.05, 4.69) is 60.3 Å². The molecule has 0 bridgehead atoms. The summed E-state index contributed by atoms with van der Waals surface area (Å²) in [4.78, 5) is 19.7. The standard InChI is InChI=1S/C26H38N4O2/c1-7-32-25(5,6)26(18-28-23(31)29-22-11-9-8-10-12-22)15-16-30(19-26)24(3,4)21-14-13-20(2)27-17-21/h8-14,17H,7,15-16,18-19H2,1-6H3,(H2,28,29,31).